The minimum atomic E-state index is -3.85. The molecule has 1 fully saturated rings. The van der Waals surface area contributed by atoms with Gasteiger partial charge in [0, 0.05) is 25.1 Å². The number of benzene rings is 3. The van der Waals surface area contributed by atoms with Gasteiger partial charge < -0.3 is 15.0 Å². The van der Waals surface area contributed by atoms with Gasteiger partial charge in [-0.2, -0.15) is 0 Å². The van der Waals surface area contributed by atoms with Crippen molar-refractivity contribution in [2.75, 3.05) is 24.2 Å². The minimum Gasteiger partial charge on any atom is -0.497 e. The zero-order valence-corrected chi connectivity index (χ0v) is 25.5. The van der Waals surface area contributed by atoms with E-state index in [0.29, 0.717) is 17.9 Å². The molecule has 0 bridgehead atoms. The molecule has 1 aliphatic rings. The molecule has 1 atom stereocenters. The molecule has 3 aromatic rings. The van der Waals surface area contributed by atoms with E-state index in [-0.39, 0.29) is 18.5 Å². The van der Waals surface area contributed by atoms with E-state index in [2.05, 4.69) is 5.32 Å². The highest BCUT2D eigenvalue weighted by molar-refractivity contribution is 7.92. The summed E-state index contributed by atoms with van der Waals surface area (Å²) in [5, 5.41) is 3.22. The van der Waals surface area contributed by atoms with Crippen LogP contribution in [0.1, 0.15) is 48.8 Å². The lowest BCUT2D eigenvalue weighted by molar-refractivity contribution is -0.140. The molecule has 8 nitrogen and oxygen atoms in total. The van der Waals surface area contributed by atoms with Crippen LogP contribution >= 0.6 is 0 Å². The number of anilines is 1. The summed E-state index contributed by atoms with van der Waals surface area (Å²) in [5.41, 5.74) is 3.11. The van der Waals surface area contributed by atoms with Gasteiger partial charge in [-0.15, -0.1) is 0 Å². The number of hydrogen-bond acceptors (Lipinski definition) is 5. The van der Waals surface area contributed by atoms with Crippen molar-refractivity contribution < 1.29 is 22.7 Å². The molecule has 1 unspecified atom stereocenters. The molecule has 3 aromatic carbocycles. The quantitative estimate of drug-likeness (QED) is 0.325. The summed E-state index contributed by atoms with van der Waals surface area (Å²) in [7, 11) is -2.35. The third-order valence-electron chi connectivity index (χ3n) is 7.68. The fraction of sp³-hybridized carbons (Fsp3) is 0.394. The number of carbonyl (C=O) groups excluding carboxylic acids is 2. The van der Waals surface area contributed by atoms with Crippen LogP contribution in [0, 0.1) is 6.92 Å². The summed E-state index contributed by atoms with van der Waals surface area (Å²) in [5.74, 6) is -0.220. The Kier molecular flexibility index (Phi) is 10.6. The first-order valence-electron chi connectivity index (χ1n) is 14.4. The van der Waals surface area contributed by atoms with Gasteiger partial charge in [-0.05, 0) is 43.0 Å². The smallest absolute Gasteiger partial charge is 0.244 e. The van der Waals surface area contributed by atoms with Gasteiger partial charge in [-0.1, -0.05) is 85.5 Å². The summed E-state index contributed by atoms with van der Waals surface area (Å²) >= 11 is 0. The number of carbonyl (C=O) groups is 2. The maximum absolute atomic E-state index is 14.3. The number of hydrogen-bond donors (Lipinski definition) is 1. The summed E-state index contributed by atoms with van der Waals surface area (Å²) in [6, 6.07) is 23.2. The summed E-state index contributed by atoms with van der Waals surface area (Å²) in [4.78, 5) is 29.8. The third kappa shape index (κ3) is 8.58. The van der Waals surface area contributed by atoms with Gasteiger partial charge in [0.2, 0.25) is 21.8 Å². The zero-order valence-electron chi connectivity index (χ0n) is 24.7. The lowest BCUT2D eigenvalue weighted by Gasteiger charge is -2.35. The largest absolute Gasteiger partial charge is 0.497 e. The van der Waals surface area contributed by atoms with Crippen LogP contribution in [0.4, 0.5) is 5.69 Å². The highest BCUT2D eigenvalue weighted by atomic mass is 32.2. The minimum absolute atomic E-state index is 0.0600. The van der Waals surface area contributed by atoms with E-state index in [1.165, 1.54) is 12.0 Å². The van der Waals surface area contributed by atoms with Crippen LogP contribution in [0.3, 0.4) is 0 Å². The number of aryl methyl sites for hydroxylation is 1. The number of amides is 2. The Morgan fingerprint density at radius 2 is 1.62 bits per heavy atom. The summed E-state index contributed by atoms with van der Waals surface area (Å²) in [6.45, 7) is 1.67. The highest BCUT2D eigenvalue weighted by Crippen LogP contribution is 2.25. The third-order valence-corrected chi connectivity index (χ3v) is 8.82. The van der Waals surface area contributed by atoms with Crippen LogP contribution in [0.5, 0.6) is 5.75 Å². The Hall–Kier alpha value is -3.85. The molecular weight excluding hydrogens is 550 g/mol. The first-order chi connectivity index (χ1) is 20.1. The van der Waals surface area contributed by atoms with Gasteiger partial charge in [-0.3, -0.25) is 13.9 Å². The number of methoxy groups -OCH3 is 1. The van der Waals surface area contributed by atoms with Crippen molar-refractivity contribution in [3.63, 3.8) is 0 Å². The van der Waals surface area contributed by atoms with Crippen molar-refractivity contribution in [3.05, 3.63) is 95.6 Å². The molecule has 0 spiro atoms. The van der Waals surface area contributed by atoms with E-state index < -0.39 is 28.5 Å². The van der Waals surface area contributed by atoms with Crippen molar-refractivity contribution in [3.8, 4) is 5.75 Å². The maximum atomic E-state index is 14.3. The first kappa shape index (κ1) is 31.1. The molecule has 2 amide bonds. The van der Waals surface area contributed by atoms with E-state index in [1.54, 1.807) is 24.3 Å². The number of nitrogens with zero attached hydrogens (tertiary/aromatic N) is 2. The molecule has 0 aromatic heterocycles. The number of sulfonamides is 1. The van der Waals surface area contributed by atoms with Crippen LogP contribution in [0.25, 0.3) is 0 Å². The summed E-state index contributed by atoms with van der Waals surface area (Å²) < 4.78 is 32.3. The Balaban J connectivity index is 1.72. The van der Waals surface area contributed by atoms with Crippen LogP contribution in [-0.4, -0.2) is 57.1 Å². The van der Waals surface area contributed by atoms with Crippen LogP contribution in [0.2, 0.25) is 0 Å². The second-order valence-electron chi connectivity index (χ2n) is 11.0. The van der Waals surface area contributed by atoms with E-state index in [9.17, 15) is 18.0 Å². The molecule has 0 radical (unpaired) electrons. The van der Waals surface area contributed by atoms with E-state index in [0.717, 1.165) is 59.4 Å². The lowest BCUT2D eigenvalue weighted by Crippen LogP contribution is -2.55. The van der Waals surface area contributed by atoms with Gasteiger partial charge in [0.1, 0.15) is 18.3 Å². The van der Waals surface area contributed by atoms with Crippen molar-refractivity contribution in [1.82, 2.24) is 10.2 Å². The normalized spacial score (nSPS) is 14.5. The molecule has 42 heavy (non-hydrogen) atoms. The van der Waals surface area contributed by atoms with Crippen LogP contribution in [-0.2, 0) is 32.6 Å². The number of nitrogens with one attached hydrogen (secondary N) is 1. The molecule has 0 saturated heterocycles. The fourth-order valence-corrected chi connectivity index (χ4v) is 6.33. The molecule has 1 aliphatic carbocycles. The highest BCUT2D eigenvalue weighted by Gasteiger charge is 2.34. The number of ether oxygens (including phenoxy) is 1. The van der Waals surface area contributed by atoms with Crippen LogP contribution in [0.15, 0.2) is 78.9 Å². The second-order valence-corrected chi connectivity index (χ2v) is 12.9. The van der Waals surface area contributed by atoms with E-state index in [4.69, 9.17) is 4.74 Å². The molecule has 9 heteroatoms. The zero-order chi connectivity index (χ0) is 30.1. The Morgan fingerprint density at radius 1 is 0.929 bits per heavy atom. The fourth-order valence-electron chi connectivity index (χ4n) is 5.48. The van der Waals surface area contributed by atoms with Crippen molar-refractivity contribution in [2.24, 2.45) is 0 Å². The van der Waals surface area contributed by atoms with Gasteiger partial charge in [0.05, 0.1) is 19.1 Å². The van der Waals surface area contributed by atoms with Gasteiger partial charge in [0.25, 0.3) is 0 Å². The van der Waals surface area contributed by atoms with Gasteiger partial charge in [0.15, 0.2) is 0 Å². The van der Waals surface area contributed by atoms with E-state index in [1.807, 2.05) is 61.5 Å². The van der Waals surface area contributed by atoms with Crippen LogP contribution < -0.4 is 14.4 Å². The average Bonchev–Trinajstić information content (AvgIpc) is 2.98. The van der Waals surface area contributed by atoms with Gasteiger partial charge >= 0.3 is 0 Å². The summed E-state index contributed by atoms with van der Waals surface area (Å²) in [6.07, 6.45) is 6.47. The molecule has 0 aliphatic heterocycles. The van der Waals surface area contributed by atoms with Crippen molar-refractivity contribution in [2.45, 2.75) is 64.1 Å². The predicted octanol–water partition coefficient (Wildman–Crippen LogP) is 4.86. The predicted molar refractivity (Wildman–Crippen MR) is 166 cm³/mol. The SMILES string of the molecule is COc1cccc(N(CC(=O)N(Cc2cccc(C)c2)C(Cc2ccccc2)C(=O)NC2CCCCC2)S(C)(=O)=O)c1. The number of rotatable bonds is 12. The first-order valence-corrected chi connectivity index (χ1v) is 16.3. The monoisotopic (exact) mass is 591 g/mol. The topological polar surface area (TPSA) is 96.0 Å². The molecular formula is C33H41N3O5S. The second kappa shape index (κ2) is 14.4. The lowest BCUT2D eigenvalue weighted by atomic mass is 9.94. The van der Waals surface area contributed by atoms with Gasteiger partial charge in [-0.25, -0.2) is 8.42 Å². The molecule has 0 heterocycles. The Morgan fingerprint density at radius 3 is 2.29 bits per heavy atom. The van der Waals surface area contributed by atoms with Crippen molar-refractivity contribution in [1.29, 1.82) is 0 Å². The standard InChI is InChI=1S/C33H41N3O5S/c1-25-12-10-15-27(20-25)23-35(32(37)24-36(42(3,39)40)29-18-11-19-30(22-29)41-2)31(21-26-13-6-4-7-14-26)33(38)34-28-16-8-5-9-17-28/h4,6-7,10-15,18-20,22,28,31H,5,8-9,16-17,21,23-24H2,1-3H3,(H,34,38). The Labute approximate surface area is 249 Å². The maximum Gasteiger partial charge on any atom is 0.244 e. The molecule has 4 rings (SSSR count). The molecule has 1 N–H and O–H groups in total. The Bertz CT molecular complexity index is 1460. The average molecular weight is 592 g/mol. The molecule has 1 saturated carbocycles. The molecule has 224 valence electrons. The van der Waals surface area contributed by atoms with Crippen molar-refractivity contribution >= 4 is 27.5 Å². The van der Waals surface area contributed by atoms with E-state index >= 15 is 0 Å².